The Bertz CT molecular complexity index is 804. The van der Waals surface area contributed by atoms with E-state index in [4.69, 9.17) is 0 Å². The van der Waals surface area contributed by atoms with E-state index < -0.39 is 0 Å². The van der Waals surface area contributed by atoms with E-state index in [1.165, 1.54) is 0 Å². The van der Waals surface area contributed by atoms with Crippen LogP contribution in [0.2, 0.25) is 0 Å². The van der Waals surface area contributed by atoms with E-state index in [0.717, 1.165) is 67.7 Å². The minimum atomic E-state index is 0.284. The number of hydrogen-bond acceptors (Lipinski definition) is 5. The van der Waals surface area contributed by atoms with Crippen molar-refractivity contribution < 1.29 is 5.11 Å². The molecule has 1 aromatic carbocycles. The van der Waals surface area contributed by atoms with Crippen LogP contribution in [0.3, 0.4) is 0 Å². The van der Waals surface area contributed by atoms with Crippen LogP contribution in [-0.4, -0.2) is 62.5 Å². The molecule has 7 nitrogen and oxygen atoms in total. The maximum Gasteiger partial charge on any atom is 0.192 e. The second kappa shape index (κ2) is 6.62. The van der Waals surface area contributed by atoms with Crippen molar-refractivity contribution in [2.45, 2.75) is 12.8 Å². The van der Waals surface area contributed by atoms with Gasteiger partial charge in [-0.25, -0.2) is 0 Å². The number of benzene rings is 1. The summed E-state index contributed by atoms with van der Waals surface area (Å²) >= 11 is 0. The number of aromatic amines is 1. The molecular weight excluding hydrogens is 304 g/mol. The van der Waals surface area contributed by atoms with Gasteiger partial charge in [-0.3, -0.25) is 4.57 Å². The van der Waals surface area contributed by atoms with E-state index >= 15 is 0 Å². The highest BCUT2D eigenvalue weighted by Crippen LogP contribution is 2.30. The van der Waals surface area contributed by atoms with Gasteiger partial charge >= 0.3 is 0 Å². The van der Waals surface area contributed by atoms with Gasteiger partial charge in [0.2, 0.25) is 0 Å². The van der Waals surface area contributed by atoms with Crippen molar-refractivity contribution in [1.29, 1.82) is 0 Å². The van der Waals surface area contributed by atoms with Gasteiger partial charge in [-0.05, 0) is 37.6 Å². The van der Waals surface area contributed by atoms with Crippen LogP contribution in [0, 0.1) is 0 Å². The van der Waals surface area contributed by atoms with Gasteiger partial charge in [-0.1, -0.05) is 0 Å². The smallest absolute Gasteiger partial charge is 0.192 e. The molecule has 24 heavy (non-hydrogen) atoms. The molecule has 0 spiro atoms. The van der Waals surface area contributed by atoms with Crippen LogP contribution >= 0.6 is 0 Å². The summed E-state index contributed by atoms with van der Waals surface area (Å²) in [6.45, 7) is 5.43. The minimum Gasteiger partial charge on any atom is -0.494 e. The Labute approximate surface area is 140 Å². The average Bonchev–Trinajstić information content (AvgIpc) is 3.24. The fourth-order valence-corrected chi connectivity index (χ4v) is 3.38. The third-order valence-corrected chi connectivity index (χ3v) is 4.69. The minimum absolute atomic E-state index is 0.284. The van der Waals surface area contributed by atoms with Crippen LogP contribution in [0.5, 0.6) is 5.88 Å². The SMILES string of the molecule is Oc1[nH]c2ccc(-n3cnnc3)cc2c1CCCN1CCNCC1. The van der Waals surface area contributed by atoms with Crippen molar-refractivity contribution in [2.75, 3.05) is 32.7 Å². The first-order valence-corrected chi connectivity index (χ1v) is 8.43. The van der Waals surface area contributed by atoms with E-state index in [9.17, 15) is 5.11 Å². The summed E-state index contributed by atoms with van der Waals surface area (Å²) < 4.78 is 1.87. The van der Waals surface area contributed by atoms with Crippen LogP contribution in [0.25, 0.3) is 16.6 Å². The number of H-pyrrole nitrogens is 1. The molecule has 0 aliphatic carbocycles. The number of nitrogens with one attached hydrogen (secondary N) is 2. The summed E-state index contributed by atoms with van der Waals surface area (Å²) in [6, 6.07) is 6.06. The molecule has 0 unspecified atom stereocenters. The zero-order valence-corrected chi connectivity index (χ0v) is 13.6. The Morgan fingerprint density at radius 1 is 1.12 bits per heavy atom. The van der Waals surface area contributed by atoms with Crippen molar-refractivity contribution >= 4 is 10.9 Å². The second-order valence-corrected chi connectivity index (χ2v) is 6.25. The molecule has 0 bridgehead atoms. The molecule has 1 fully saturated rings. The van der Waals surface area contributed by atoms with Gasteiger partial charge in [0.15, 0.2) is 5.88 Å². The summed E-state index contributed by atoms with van der Waals surface area (Å²) in [5, 5.41) is 22.4. The van der Waals surface area contributed by atoms with Gasteiger partial charge in [0.05, 0.1) is 0 Å². The Morgan fingerprint density at radius 2 is 1.92 bits per heavy atom. The third kappa shape index (κ3) is 3.00. The quantitative estimate of drug-likeness (QED) is 0.658. The molecule has 1 aliphatic heterocycles. The van der Waals surface area contributed by atoms with E-state index in [0.29, 0.717) is 0 Å². The first-order valence-electron chi connectivity index (χ1n) is 8.43. The highest BCUT2D eigenvalue weighted by molar-refractivity contribution is 5.87. The van der Waals surface area contributed by atoms with E-state index in [1.807, 2.05) is 16.7 Å². The lowest BCUT2D eigenvalue weighted by Crippen LogP contribution is -2.43. The molecule has 0 saturated carbocycles. The number of aromatic hydroxyl groups is 1. The molecule has 0 atom stereocenters. The van der Waals surface area contributed by atoms with Crippen LogP contribution in [0.4, 0.5) is 0 Å². The van der Waals surface area contributed by atoms with Gasteiger partial charge in [0, 0.05) is 48.3 Å². The molecule has 3 N–H and O–H groups in total. The van der Waals surface area contributed by atoms with E-state index in [-0.39, 0.29) is 5.88 Å². The zero-order chi connectivity index (χ0) is 16.4. The predicted molar refractivity (Wildman–Crippen MR) is 92.5 cm³/mol. The van der Waals surface area contributed by atoms with Gasteiger partial charge in [-0.2, -0.15) is 0 Å². The molecule has 4 rings (SSSR count). The highest BCUT2D eigenvalue weighted by atomic mass is 16.3. The largest absolute Gasteiger partial charge is 0.494 e. The van der Waals surface area contributed by atoms with Crippen LogP contribution in [-0.2, 0) is 6.42 Å². The number of rotatable bonds is 5. The number of aromatic nitrogens is 4. The Hall–Kier alpha value is -2.38. The van der Waals surface area contributed by atoms with Gasteiger partial charge in [0.1, 0.15) is 12.7 Å². The molecule has 1 saturated heterocycles. The van der Waals surface area contributed by atoms with Gasteiger partial charge < -0.3 is 20.3 Å². The normalized spacial score (nSPS) is 16.0. The highest BCUT2D eigenvalue weighted by Gasteiger charge is 2.14. The summed E-state index contributed by atoms with van der Waals surface area (Å²) in [6.07, 6.45) is 5.26. The van der Waals surface area contributed by atoms with E-state index in [2.05, 4.69) is 31.5 Å². The lowest BCUT2D eigenvalue weighted by molar-refractivity contribution is 0.238. The lowest BCUT2D eigenvalue weighted by atomic mass is 10.1. The van der Waals surface area contributed by atoms with Crippen LogP contribution in [0.1, 0.15) is 12.0 Å². The van der Waals surface area contributed by atoms with Crippen LogP contribution < -0.4 is 5.32 Å². The molecule has 7 heteroatoms. The Kier molecular flexibility index (Phi) is 4.18. The number of hydrogen-bond donors (Lipinski definition) is 3. The van der Waals surface area contributed by atoms with Crippen molar-refractivity contribution in [3.05, 3.63) is 36.4 Å². The summed E-state index contributed by atoms with van der Waals surface area (Å²) in [5.41, 5.74) is 2.95. The number of nitrogens with zero attached hydrogens (tertiary/aromatic N) is 4. The molecule has 0 amide bonds. The third-order valence-electron chi connectivity index (χ3n) is 4.69. The standard InChI is InChI=1S/C17H22N6O/c24-17-14(2-1-7-22-8-5-18-6-9-22)15-10-13(3-4-16(15)21-17)23-11-19-20-12-23/h3-4,10-12,18,21,24H,1-2,5-9H2. The molecule has 2 aromatic heterocycles. The first kappa shape index (κ1) is 15.2. The predicted octanol–water partition coefficient (Wildman–Crippen LogP) is 1.29. The Balaban J connectivity index is 1.53. The summed E-state index contributed by atoms with van der Waals surface area (Å²) in [5.74, 6) is 0.284. The lowest BCUT2D eigenvalue weighted by Gasteiger charge is -2.27. The van der Waals surface area contributed by atoms with Gasteiger partial charge in [-0.15, -0.1) is 10.2 Å². The molecule has 3 heterocycles. The maximum atomic E-state index is 10.3. The number of aryl methyl sites for hydroxylation is 1. The van der Waals surface area contributed by atoms with Crippen molar-refractivity contribution in [3.63, 3.8) is 0 Å². The monoisotopic (exact) mass is 326 g/mol. The molecule has 126 valence electrons. The van der Waals surface area contributed by atoms with Crippen LogP contribution in [0.15, 0.2) is 30.9 Å². The van der Waals surface area contributed by atoms with Gasteiger partial charge in [0.25, 0.3) is 0 Å². The zero-order valence-electron chi connectivity index (χ0n) is 13.6. The fraction of sp³-hybridized carbons (Fsp3) is 0.412. The second-order valence-electron chi connectivity index (χ2n) is 6.25. The van der Waals surface area contributed by atoms with Crippen molar-refractivity contribution in [1.82, 2.24) is 30.0 Å². The molecule has 1 aliphatic rings. The first-order chi connectivity index (χ1) is 11.8. The van der Waals surface area contributed by atoms with E-state index in [1.54, 1.807) is 12.7 Å². The molecule has 3 aromatic rings. The topological polar surface area (TPSA) is 82.0 Å². The summed E-state index contributed by atoms with van der Waals surface area (Å²) in [7, 11) is 0. The van der Waals surface area contributed by atoms with Crippen molar-refractivity contribution in [2.24, 2.45) is 0 Å². The van der Waals surface area contributed by atoms with Crippen molar-refractivity contribution in [3.8, 4) is 11.6 Å². The fourth-order valence-electron chi connectivity index (χ4n) is 3.38. The average molecular weight is 326 g/mol. The summed E-state index contributed by atoms with van der Waals surface area (Å²) in [4.78, 5) is 5.56. The number of piperazine rings is 1. The number of fused-ring (bicyclic) bond motifs is 1. The maximum absolute atomic E-state index is 10.3. The Morgan fingerprint density at radius 3 is 2.71 bits per heavy atom. The molecule has 0 radical (unpaired) electrons. The molecular formula is C17H22N6O.